The van der Waals surface area contributed by atoms with Gasteiger partial charge in [-0.05, 0) is 43.3 Å². The Morgan fingerprint density at radius 1 is 1.14 bits per heavy atom. The number of carbonyl (C=O) groups is 1. The van der Waals surface area contributed by atoms with Crippen molar-refractivity contribution in [2.75, 3.05) is 5.32 Å². The molecule has 0 radical (unpaired) electrons. The van der Waals surface area contributed by atoms with Gasteiger partial charge in [0.25, 0.3) is 0 Å². The van der Waals surface area contributed by atoms with Crippen molar-refractivity contribution in [3.8, 4) is 5.75 Å². The van der Waals surface area contributed by atoms with Crippen LogP contribution in [0.1, 0.15) is 16.1 Å². The van der Waals surface area contributed by atoms with Crippen LogP contribution in [0.4, 0.5) is 11.4 Å². The van der Waals surface area contributed by atoms with Crippen molar-refractivity contribution in [2.45, 2.75) is 6.92 Å². The highest BCUT2D eigenvalue weighted by Gasteiger charge is 2.08. The SMILES string of the molecule is Cc1cc(Nc2ccc([O-])cc2)c2ccc(C(=O)O)cc2n1. The molecule has 0 spiro atoms. The molecule has 0 atom stereocenters. The van der Waals surface area contributed by atoms with Gasteiger partial charge in [-0.3, -0.25) is 4.98 Å². The quantitative estimate of drug-likeness (QED) is 0.775. The molecular formula is C17H13N2O3-. The number of aryl methyl sites for hydroxylation is 1. The third-order valence-corrected chi connectivity index (χ3v) is 3.32. The molecule has 3 rings (SSSR count). The lowest BCUT2D eigenvalue weighted by Crippen LogP contribution is -1.99. The lowest BCUT2D eigenvalue weighted by Gasteiger charge is -2.12. The van der Waals surface area contributed by atoms with Crippen LogP contribution in [0.25, 0.3) is 10.9 Å². The number of aromatic nitrogens is 1. The van der Waals surface area contributed by atoms with E-state index in [1.165, 1.54) is 12.1 Å². The zero-order valence-corrected chi connectivity index (χ0v) is 11.8. The summed E-state index contributed by atoms with van der Waals surface area (Å²) in [4.78, 5) is 15.4. The second-order valence-corrected chi connectivity index (χ2v) is 5.00. The Bertz CT molecular complexity index is 858. The fourth-order valence-corrected chi connectivity index (χ4v) is 2.29. The largest absolute Gasteiger partial charge is 0.872 e. The number of anilines is 2. The summed E-state index contributed by atoms with van der Waals surface area (Å²) < 4.78 is 0. The molecule has 0 saturated carbocycles. The number of nitrogens with one attached hydrogen (secondary N) is 1. The predicted molar refractivity (Wildman–Crippen MR) is 82.6 cm³/mol. The minimum Gasteiger partial charge on any atom is -0.872 e. The number of carboxylic acids is 1. The number of benzene rings is 2. The fourth-order valence-electron chi connectivity index (χ4n) is 2.29. The van der Waals surface area contributed by atoms with Crippen LogP contribution in [0, 0.1) is 6.92 Å². The van der Waals surface area contributed by atoms with Gasteiger partial charge in [0.15, 0.2) is 0 Å². The predicted octanol–water partition coefficient (Wildman–Crippen LogP) is 3.06. The van der Waals surface area contributed by atoms with E-state index >= 15 is 0 Å². The van der Waals surface area contributed by atoms with E-state index < -0.39 is 5.97 Å². The molecule has 0 aliphatic carbocycles. The second kappa shape index (κ2) is 5.37. The monoisotopic (exact) mass is 293 g/mol. The summed E-state index contributed by atoms with van der Waals surface area (Å²) >= 11 is 0. The molecule has 0 unspecified atom stereocenters. The van der Waals surface area contributed by atoms with Crippen LogP contribution in [-0.4, -0.2) is 16.1 Å². The molecule has 0 aliphatic heterocycles. The van der Waals surface area contributed by atoms with Gasteiger partial charge in [-0.1, -0.05) is 12.1 Å². The maximum atomic E-state index is 11.1. The summed E-state index contributed by atoms with van der Waals surface area (Å²) in [5, 5.41) is 24.3. The van der Waals surface area contributed by atoms with Crippen molar-refractivity contribution in [3.63, 3.8) is 0 Å². The second-order valence-electron chi connectivity index (χ2n) is 5.00. The van der Waals surface area contributed by atoms with Gasteiger partial charge >= 0.3 is 5.97 Å². The first-order valence-electron chi connectivity index (χ1n) is 6.72. The number of fused-ring (bicyclic) bond motifs is 1. The number of aromatic carboxylic acids is 1. The smallest absolute Gasteiger partial charge is 0.335 e. The summed E-state index contributed by atoms with van der Waals surface area (Å²) in [6, 6.07) is 13.1. The molecule has 2 aromatic carbocycles. The third kappa shape index (κ3) is 2.69. The Hall–Kier alpha value is -3.08. The molecule has 5 heteroatoms. The van der Waals surface area contributed by atoms with Crippen LogP contribution >= 0.6 is 0 Å². The van der Waals surface area contributed by atoms with Gasteiger partial charge in [-0.25, -0.2) is 4.79 Å². The van der Waals surface area contributed by atoms with Crippen molar-refractivity contribution in [1.82, 2.24) is 4.98 Å². The van der Waals surface area contributed by atoms with Gasteiger partial charge in [-0.2, -0.15) is 0 Å². The standard InChI is InChI=1S/C17H14N2O3/c1-10-8-15(19-12-3-5-13(20)6-4-12)14-7-2-11(17(21)22)9-16(14)18-10/h2-9,20H,1H3,(H,18,19)(H,21,22)/p-1. The Kier molecular flexibility index (Phi) is 3.39. The minimum atomic E-state index is -0.981. The highest BCUT2D eigenvalue weighted by Crippen LogP contribution is 2.27. The molecule has 22 heavy (non-hydrogen) atoms. The summed E-state index contributed by atoms with van der Waals surface area (Å²) in [5.74, 6) is -1.03. The maximum absolute atomic E-state index is 11.1. The fraction of sp³-hybridized carbons (Fsp3) is 0.0588. The van der Waals surface area contributed by atoms with Crippen LogP contribution in [0.3, 0.4) is 0 Å². The first-order chi connectivity index (χ1) is 10.5. The van der Waals surface area contributed by atoms with Gasteiger partial charge < -0.3 is 15.5 Å². The molecule has 5 nitrogen and oxygen atoms in total. The highest BCUT2D eigenvalue weighted by atomic mass is 16.4. The molecule has 0 aliphatic rings. The molecule has 3 aromatic rings. The van der Waals surface area contributed by atoms with Gasteiger partial charge in [0.2, 0.25) is 0 Å². The Labute approximate surface area is 126 Å². The van der Waals surface area contributed by atoms with Crippen molar-refractivity contribution in [2.24, 2.45) is 0 Å². The topological polar surface area (TPSA) is 85.3 Å². The van der Waals surface area contributed by atoms with Crippen LogP contribution in [0.15, 0.2) is 48.5 Å². The molecule has 0 fully saturated rings. The van der Waals surface area contributed by atoms with Crippen LogP contribution in [0.2, 0.25) is 0 Å². The average molecular weight is 293 g/mol. The first kappa shape index (κ1) is 13.9. The summed E-state index contributed by atoms with van der Waals surface area (Å²) in [6.07, 6.45) is 0. The third-order valence-electron chi connectivity index (χ3n) is 3.32. The molecule has 2 N–H and O–H groups in total. The van der Waals surface area contributed by atoms with E-state index in [4.69, 9.17) is 5.11 Å². The van der Waals surface area contributed by atoms with Crippen LogP contribution < -0.4 is 10.4 Å². The van der Waals surface area contributed by atoms with Crippen molar-refractivity contribution in [3.05, 3.63) is 59.8 Å². The van der Waals surface area contributed by atoms with Crippen LogP contribution in [-0.2, 0) is 0 Å². The highest BCUT2D eigenvalue weighted by molar-refractivity contribution is 5.98. The average Bonchev–Trinajstić information content (AvgIpc) is 2.48. The zero-order valence-electron chi connectivity index (χ0n) is 11.8. The van der Waals surface area contributed by atoms with E-state index in [2.05, 4.69) is 10.3 Å². The van der Waals surface area contributed by atoms with Crippen molar-refractivity contribution < 1.29 is 15.0 Å². The van der Waals surface area contributed by atoms with Gasteiger partial charge in [0.05, 0.1) is 11.1 Å². The summed E-state index contributed by atoms with van der Waals surface area (Å²) in [6.45, 7) is 1.85. The van der Waals surface area contributed by atoms with Gasteiger partial charge in [0.1, 0.15) is 0 Å². The van der Waals surface area contributed by atoms with Crippen LogP contribution in [0.5, 0.6) is 5.75 Å². The number of hydrogen-bond acceptors (Lipinski definition) is 4. The number of nitrogens with zero attached hydrogens (tertiary/aromatic N) is 1. The Balaban J connectivity index is 2.08. The maximum Gasteiger partial charge on any atom is 0.335 e. The number of rotatable bonds is 3. The van der Waals surface area contributed by atoms with Crippen molar-refractivity contribution in [1.29, 1.82) is 0 Å². The molecular weight excluding hydrogens is 280 g/mol. The number of pyridine rings is 1. The molecule has 0 amide bonds. The first-order valence-corrected chi connectivity index (χ1v) is 6.72. The molecule has 0 bridgehead atoms. The van der Waals surface area contributed by atoms with E-state index in [-0.39, 0.29) is 11.3 Å². The molecule has 110 valence electrons. The lowest BCUT2D eigenvalue weighted by atomic mass is 10.1. The van der Waals surface area contributed by atoms with E-state index in [1.807, 2.05) is 13.0 Å². The zero-order chi connectivity index (χ0) is 15.7. The Morgan fingerprint density at radius 2 is 1.86 bits per heavy atom. The molecule has 0 saturated heterocycles. The normalized spacial score (nSPS) is 10.6. The molecule has 1 aromatic heterocycles. The van der Waals surface area contributed by atoms with Gasteiger partial charge in [0, 0.05) is 22.5 Å². The molecule has 1 heterocycles. The van der Waals surface area contributed by atoms with E-state index in [0.29, 0.717) is 5.52 Å². The van der Waals surface area contributed by atoms with E-state index in [0.717, 1.165) is 22.5 Å². The van der Waals surface area contributed by atoms with E-state index in [1.54, 1.807) is 30.3 Å². The summed E-state index contributed by atoms with van der Waals surface area (Å²) in [7, 11) is 0. The number of carboxylic acid groups (broad SMARTS) is 1. The lowest BCUT2D eigenvalue weighted by molar-refractivity contribution is -0.268. The summed E-state index contributed by atoms with van der Waals surface area (Å²) in [5.41, 5.74) is 3.19. The minimum absolute atomic E-state index is 0.0487. The number of hydrogen-bond donors (Lipinski definition) is 2. The Morgan fingerprint density at radius 3 is 2.55 bits per heavy atom. The van der Waals surface area contributed by atoms with Gasteiger partial charge in [-0.15, -0.1) is 5.75 Å². The van der Waals surface area contributed by atoms with E-state index in [9.17, 15) is 9.90 Å². The van der Waals surface area contributed by atoms with Crippen molar-refractivity contribution >= 4 is 28.2 Å².